The fraction of sp³-hybridized carbons (Fsp3) is 0.536. The molecule has 0 heterocycles. The number of phenols is 1. The number of aromatic hydroxyl groups is 1. The number of hydrogen-bond donors (Lipinski definition) is 4. The molecule has 0 saturated heterocycles. The van der Waals surface area contributed by atoms with Crippen LogP contribution in [0.25, 0.3) is 5.76 Å². The number of carbonyl (C=O) groups excluding carboxylic acids is 3. The first kappa shape index (κ1) is 24.6. The molecule has 8 nitrogen and oxygen atoms in total. The Labute approximate surface area is 209 Å². The first-order chi connectivity index (χ1) is 16.9. The lowest BCUT2D eigenvalue weighted by Crippen LogP contribution is -2.58. The predicted octanol–water partition coefficient (Wildman–Crippen LogP) is 3.54. The maximum Gasteiger partial charge on any atom is 0.202 e. The van der Waals surface area contributed by atoms with Crippen molar-refractivity contribution in [3.63, 3.8) is 0 Å². The van der Waals surface area contributed by atoms with Gasteiger partial charge in [-0.05, 0) is 54.7 Å². The van der Waals surface area contributed by atoms with Gasteiger partial charge < -0.3 is 25.3 Å². The van der Waals surface area contributed by atoms with Gasteiger partial charge in [0.15, 0.2) is 17.2 Å². The molecule has 4 aliphatic rings. The number of aliphatic hydroxyl groups excluding tert-OH is 2. The number of anilines is 1. The van der Waals surface area contributed by atoms with Gasteiger partial charge in [0.05, 0.1) is 5.56 Å². The molecule has 8 heteroatoms. The van der Waals surface area contributed by atoms with Crippen LogP contribution < -0.4 is 4.90 Å². The van der Waals surface area contributed by atoms with E-state index in [1.54, 1.807) is 6.07 Å². The molecule has 1 aromatic rings. The summed E-state index contributed by atoms with van der Waals surface area (Å²) >= 11 is 0. The van der Waals surface area contributed by atoms with Crippen LogP contribution in [0.1, 0.15) is 63.0 Å². The number of Topliss-reactive ketones (excluding diaryl/α,β-unsaturated/α-hetero) is 3. The summed E-state index contributed by atoms with van der Waals surface area (Å²) in [6, 6.07) is 3.17. The Balaban J connectivity index is 1.60. The fourth-order valence-electron chi connectivity index (χ4n) is 6.94. The molecule has 0 amide bonds. The van der Waals surface area contributed by atoms with Crippen LogP contribution in [0.2, 0.25) is 0 Å². The molecular formula is C28H33NO7. The summed E-state index contributed by atoms with van der Waals surface area (Å²) in [5.74, 6) is -4.97. The van der Waals surface area contributed by atoms with Gasteiger partial charge in [-0.1, -0.05) is 19.8 Å². The zero-order valence-electron chi connectivity index (χ0n) is 20.9. The molecule has 0 spiro atoms. The van der Waals surface area contributed by atoms with Crippen molar-refractivity contribution < 1.29 is 34.8 Å². The van der Waals surface area contributed by atoms with E-state index >= 15 is 0 Å². The van der Waals surface area contributed by atoms with Crippen LogP contribution in [-0.4, -0.2) is 57.5 Å². The Morgan fingerprint density at radius 1 is 1.08 bits per heavy atom. The maximum absolute atomic E-state index is 13.8. The van der Waals surface area contributed by atoms with Gasteiger partial charge >= 0.3 is 0 Å². The van der Waals surface area contributed by atoms with Crippen LogP contribution in [0.15, 0.2) is 29.0 Å². The Kier molecular flexibility index (Phi) is 5.59. The summed E-state index contributed by atoms with van der Waals surface area (Å²) in [5.41, 5.74) is -1.73. The lowest BCUT2D eigenvalue weighted by molar-refractivity contribution is -0.147. The van der Waals surface area contributed by atoms with E-state index in [9.17, 15) is 34.8 Å². The number of fused-ring (bicyclic) bond motifs is 3. The molecule has 2 saturated carbocycles. The van der Waals surface area contributed by atoms with Crippen LogP contribution in [0.3, 0.4) is 0 Å². The van der Waals surface area contributed by atoms with E-state index in [-0.39, 0.29) is 41.6 Å². The molecule has 3 atom stereocenters. The number of hydrogen-bond acceptors (Lipinski definition) is 8. The third kappa shape index (κ3) is 3.41. The monoisotopic (exact) mass is 495 g/mol. The summed E-state index contributed by atoms with van der Waals surface area (Å²) in [7, 11) is 3.67. The predicted molar refractivity (Wildman–Crippen MR) is 133 cm³/mol. The Hall–Kier alpha value is -3.13. The zero-order valence-corrected chi connectivity index (χ0v) is 20.9. The number of aliphatic hydroxyl groups is 3. The number of rotatable bonds is 4. The van der Waals surface area contributed by atoms with E-state index in [0.29, 0.717) is 12.0 Å². The van der Waals surface area contributed by atoms with Gasteiger partial charge in [0.25, 0.3) is 0 Å². The molecule has 0 bridgehead atoms. The molecular weight excluding hydrogens is 462 g/mol. The first-order valence-electron chi connectivity index (χ1n) is 12.6. The number of carbonyl (C=O) groups is 3. The molecule has 0 aromatic heterocycles. The first-order valence-corrected chi connectivity index (χ1v) is 12.6. The Bertz CT molecular complexity index is 1250. The van der Waals surface area contributed by atoms with E-state index < -0.39 is 51.9 Å². The topological polar surface area (TPSA) is 135 Å². The molecule has 2 fully saturated rings. The molecule has 0 unspecified atom stereocenters. The smallest absolute Gasteiger partial charge is 0.202 e. The highest BCUT2D eigenvalue weighted by Crippen LogP contribution is 2.53. The second-order valence-electron chi connectivity index (χ2n) is 11.5. The Morgan fingerprint density at radius 3 is 2.39 bits per heavy atom. The lowest BCUT2D eigenvalue weighted by atomic mass is 9.59. The van der Waals surface area contributed by atoms with Crippen LogP contribution >= 0.6 is 0 Å². The van der Waals surface area contributed by atoms with Crippen LogP contribution in [-0.2, 0) is 20.8 Å². The van der Waals surface area contributed by atoms with Crippen molar-refractivity contribution >= 4 is 28.8 Å². The zero-order chi connectivity index (χ0) is 26.2. The molecule has 36 heavy (non-hydrogen) atoms. The van der Waals surface area contributed by atoms with Gasteiger partial charge in [0.2, 0.25) is 5.78 Å². The largest absolute Gasteiger partial charge is 0.508 e. The lowest BCUT2D eigenvalue weighted by Gasteiger charge is -2.46. The highest BCUT2D eigenvalue weighted by molar-refractivity contribution is 6.24. The number of benzene rings is 1. The number of nitrogens with zero attached hydrogens (tertiary/aromatic N) is 1. The molecule has 0 aliphatic heterocycles. The number of allylic oxidation sites excluding steroid dienone is 1. The summed E-state index contributed by atoms with van der Waals surface area (Å²) in [6.07, 6.45) is 3.98. The van der Waals surface area contributed by atoms with Gasteiger partial charge in [-0.25, -0.2) is 0 Å². The minimum Gasteiger partial charge on any atom is -0.508 e. The summed E-state index contributed by atoms with van der Waals surface area (Å²) in [4.78, 5) is 41.9. The van der Waals surface area contributed by atoms with Gasteiger partial charge in [-0.15, -0.1) is 0 Å². The minimum atomic E-state index is -2.47. The molecule has 0 radical (unpaired) electrons. The van der Waals surface area contributed by atoms with Crippen LogP contribution in [0.4, 0.5) is 5.69 Å². The van der Waals surface area contributed by atoms with E-state index in [4.69, 9.17) is 0 Å². The quantitative estimate of drug-likeness (QED) is 0.466. The normalized spacial score (nSPS) is 29.1. The molecule has 5 rings (SSSR count). The summed E-state index contributed by atoms with van der Waals surface area (Å²) < 4.78 is 0. The summed E-state index contributed by atoms with van der Waals surface area (Å²) in [5, 5.41) is 44.5. The van der Waals surface area contributed by atoms with Crippen molar-refractivity contribution in [2.75, 3.05) is 19.0 Å². The van der Waals surface area contributed by atoms with Crippen molar-refractivity contribution in [3.8, 4) is 5.75 Å². The van der Waals surface area contributed by atoms with E-state index in [1.807, 2.05) is 25.9 Å². The van der Waals surface area contributed by atoms with E-state index in [1.165, 1.54) is 6.07 Å². The second kappa shape index (κ2) is 8.20. The average Bonchev–Trinajstić information content (AvgIpc) is 3.21. The second-order valence-corrected chi connectivity index (χ2v) is 11.5. The highest BCUT2D eigenvalue weighted by Gasteiger charge is 2.60. The van der Waals surface area contributed by atoms with Crippen molar-refractivity contribution in [1.29, 1.82) is 0 Å². The van der Waals surface area contributed by atoms with Crippen LogP contribution in [0.5, 0.6) is 5.75 Å². The van der Waals surface area contributed by atoms with E-state index in [0.717, 1.165) is 31.4 Å². The minimum absolute atomic E-state index is 0.0677. The number of ketones is 3. The van der Waals surface area contributed by atoms with Gasteiger partial charge in [-0.2, -0.15) is 0 Å². The summed E-state index contributed by atoms with van der Waals surface area (Å²) in [6.45, 7) is 1.98. The molecule has 4 aliphatic carbocycles. The molecule has 192 valence electrons. The number of phenolic OH excluding ortho intramolecular Hbond substituents is 1. The van der Waals surface area contributed by atoms with Crippen molar-refractivity contribution in [2.24, 2.45) is 17.3 Å². The SMILES string of the molecule is CN(C)c1ccc(O)c2c1C[C@H]1C[C@H]3CC(=O)C(C(=O)CC4(C)CCCC4)=C(O)[C@@]3(O)C(=O)C1=C2O. The fourth-order valence-corrected chi connectivity index (χ4v) is 6.94. The van der Waals surface area contributed by atoms with E-state index in [2.05, 4.69) is 0 Å². The molecule has 4 N–H and O–H groups in total. The van der Waals surface area contributed by atoms with Crippen molar-refractivity contribution in [2.45, 2.75) is 63.9 Å². The standard InChI is InChI=1S/C28H33NO7/c1-27(8-4-5-9-27)13-20(32)23-19(31)12-15-10-14-11-16-17(29(2)3)6-7-18(30)22(16)24(33)21(14)25(34)28(15,36)26(23)35/h6-7,14-15,30,33,35-36H,4-5,8-13H2,1-3H3/t14-,15+,28+/m1/s1. The van der Waals surface area contributed by atoms with Gasteiger partial charge in [0.1, 0.15) is 22.8 Å². The maximum atomic E-state index is 13.8. The van der Waals surface area contributed by atoms with Gasteiger partial charge in [-0.3, -0.25) is 14.4 Å². The average molecular weight is 496 g/mol. The Morgan fingerprint density at radius 2 is 1.75 bits per heavy atom. The highest BCUT2D eigenvalue weighted by atomic mass is 16.3. The van der Waals surface area contributed by atoms with Gasteiger partial charge in [0, 0.05) is 44.1 Å². The third-order valence-corrected chi connectivity index (χ3v) is 8.83. The van der Waals surface area contributed by atoms with Crippen molar-refractivity contribution in [3.05, 3.63) is 40.2 Å². The van der Waals surface area contributed by atoms with Crippen molar-refractivity contribution in [1.82, 2.24) is 0 Å². The van der Waals surface area contributed by atoms with Crippen LogP contribution in [0, 0.1) is 17.3 Å². The third-order valence-electron chi connectivity index (χ3n) is 8.83. The molecule has 1 aromatic carbocycles.